The van der Waals surface area contributed by atoms with Crippen LogP contribution in [0.25, 0.3) is 0 Å². The predicted octanol–water partition coefficient (Wildman–Crippen LogP) is 2.50. The van der Waals surface area contributed by atoms with Crippen LogP contribution in [0.1, 0.15) is 28.8 Å². The number of nitrogens with zero attached hydrogens (tertiary/aromatic N) is 5. The van der Waals surface area contributed by atoms with Crippen LogP contribution in [0, 0.1) is 16.7 Å². The van der Waals surface area contributed by atoms with Gasteiger partial charge < -0.3 is 19.9 Å². The highest BCUT2D eigenvalue weighted by Crippen LogP contribution is 2.38. The second-order valence-electron chi connectivity index (χ2n) is 7.42. The van der Waals surface area contributed by atoms with Crippen molar-refractivity contribution in [2.24, 2.45) is 5.10 Å². The van der Waals surface area contributed by atoms with E-state index in [4.69, 9.17) is 10.1 Å². The van der Waals surface area contributed by atoms with Gasteiger partial charge in [-0.3, -0.25) is 10.2 Å². The second kappa shape index (κ2) is 8.83. The number of ether oxygens (including phenoxy) is 1. The minimum atomic E-state index is -0.0480. The second-order valence-corrected chi connectivity index (χ2v) is 7.42. The Morgan fingerprint density at radius 1 is 1.32 bits per heavy atom. The number of hydrogen-bond donors (Lipinski definition) is 2. The van der Waals surface area contributed by atoms with Gasteiger partial charge in [0.05, 0.1) is 30.1 Å². The number of carbonyl (C=O) groups is 1. The number of nitriles is 1. The van der Waals surface area contributed by atoms with Crippen LogP contribution in [0.3, 0.4) is 0 Å². The van der Waals surface area contributed by atoms with Crippen LogP contribution in [-0.2, 0) is 0 Å². The molecule has 3 aliphatic rings. The summed E-state index contributed by atoms with van der Waals surface area (Å²) < 4.78 is 5.49. The highest BCUT2D eigenvalue weighted by Gasteiger charge is 2.43. The third-order valence-electron chi connectivity index (χ3n) is 5.76. The number of carbonyl (C=O) groups excluding carboxylic acids is 1. The summed E-state index contributed by atoms with van der Waals surface area (Å²) in [6.45, 7) is 1.21. The molecule has 2 N–H and O–H groups in total. The molecule has 1 aromatic heterocycles. The number of piperidine rings is 2. The van der Waals surface area contributed by atoms with Gasteiger partial charge in [-0.15, -0.1) is 0 Å². The Kier molecular flexibility index (Phi) is 5.80. The number of anilines is 2. The number of fused-ring (bicyclic) bond motifs is 3. The number of hydrazone groups is 1. The topological polar surface area (TPSA) is 118 Å². The number of pyridine rings is 1. The van der Waals surface area contributed by atoms with E-state index in [2.05, 4.69) is 26.5 Å². The van der Waals surface area contributed by atoms with Gasteiger partial charge in [-0.25, -0.2) is 4.98 Å². The lowest BCUT2D eigenvalue weighted by Gasteiger charge is -2.52. The van der Waals surface area contributed by atoms with E-state index in [0.29, 0.717) is 41.5 Å². The molecule has 2 aromatic rings. The van der Waals surface area contributed by atoms with Crippen LogP contribution >= 0.6 is 0 Å². The van der Waals surface area contributed by atoms with Crippen LogP contribution in [0.4, 0.5) is 11.5 Å². The monoisotopic (exact) mass is 417 g/mol. The molecule has 2 unspecified atom stereocenters. The summed E-state index contributed by atoms with van der Waals surface area (Å²) in [5, 5.41) is 20.4. The Bertz CT molecular complexity index is 1060. The zero-order valence-corrected chi connectivity index (χ0v) is 17.2. The van der Waals surface area contributed by atoms with Gasteiger partial charge in [-0.05, 0) is 31.0 Å². The van der Waals surface area contributed by atoms with E-state index in [9.17, 15) is 10.1 Å². The maximum absolute atomic E-state index is 13.4. The van der Waals surface area contributed by atoms with Crippen molar-refractivity contribution in [1.29, 1.82) is 10.7 Å². The van der Waals surface area contributed by atoms with Crippen LogP contribution in [0.15, 0.2) is 41.6 Å². The fourth-order valence-corrected chi connectivity index (χ4v) is 4.33. The highest BCUT2D eigenvalue weighted by atomic mass is 16.5. The normalized spacial score (nSPS) is 19.9. The molecule has 3 fully saturated rings. The highest BCUT2D eigenvalue weighted by molar-refractivity contribution is 6.14. The SMILES string of the molecule is COc1c(C#N)ccnc1N1CC2CCC1CN2C(=O)c1ccccc1N/N=C\C=N. The van der Waals surface area contributed by atoms with Crippen molar-refractivity contribution < 1.29 is 9.53 Å². The van der Waals surface area contributed by atoms with Crippen LogP contribution in [0.2, 0.25) is 0 Å². The number of para-hydroxylation sites is 1. The average molecular weight is 417 g/mol. The summed E-state index contributed by atoms with van der Waals surface area (Å²) in [7, 11) is 1.55. The first-order valence-electron chi connectivity index (χ1n) is 10.1. The van der Waals surface area contributed by atoms with Gasteiger partial charge in [0.15, 0.2) is 11.6 Å². The van der Waals surface area contributed by atoms with E-state index in [1.807, 2.05) is 17.0 Å². The first kappa shape index (κ1) is 20.3. The zero-order chi connectivity index (χ0) is 21.8. The summed E-state index contributed by atoms with van der Waals surface area (Å²) in [5.41, 5.74) is 4.45. The van der Waals surface area contributed by atoms with Gasteiger partial charge in [0, 0.05) is 37.6 Å². The third kappa shape index (κ3) is 3.80. The minimum Gasteiger partial charge on any atom is -0.492 e. The van der Waals surface area contributed by atoms with Crippen LogP contribution < -0.4 is 15.1 Å². The summed E-state index contributed by atoms with van der Waals surface area (Å²) >= 11 is 0. The van der Waals surface area contributed by atoms with Gasteiger partial charge in [0.1, 0.15) is 6.07 Å². The molecule has 0 spiro atoms. The van der Waals surface area contributed by atoms with Crippen molar-refractivity contribution in [2.45, 2.75) is 24.9 Å². The van der Waals surface area contributed by atoms with Gasteiger partial charge in [-0.2, -0.15) is 10.4 Å². The summed E-state index contributed by atoms with van der Waals surface area (Å²) in [4.78, 5) is 22.0. The lowest BCUT2D eigenvalue weighted by Crippen LogP contribution is -2.64. The lowest BCUT2D eigenvalue weighted by molar-refractivity contribution is 0.0504. The molecule has 3 aliphatic heterocycles. The molecule has 9 nitrogen and oxygen atoms in total. The summed E-state index contributed by atoms with van der Waals surface area (Å²) in [6, 6.07) is 11.2. The molecule has 2 atom stereocenters. The zero-order valence-electron chi connectivity index (χ0n) is 17.2. The smallest absolute Gasteiger partial charge is 0.256 e. The molecular weight excluding hydrogens is 394 g/mol. The molecule has 4 heterocycles. The number of piperazine rings is 1. The molecule has 2 bridgehead atoms. The van der Waals surface area contributed by atoms with Gasteiger partial charge in [0.25, 0.3) is 5.91 Å². The molecular formula is C22H23N7O2. The van der Waals surface area contributed by atoms with Gasteiger partial charge in [-0.1, -0.05) is 12.1 Å². The average Bonchev–Trinajstić information content (AvgIpc) is 2.83. The molecule has 9 heteroatoms. The molecule has 0 aliphatic carbocycles. The Morgan fingerprint density at radius 3 is 2.84 bits per heavy atom. The number of methoxy groups -OCH3 is 1. The van der Waals surface area contributed by atoms with E-state index >= 15 is 0 Å². The van der Waals surface area contributed by atoms with Crippen molar-refractivity contribution in [1.82, 2.24) is 9.88 Å². The van der Waals surface area contributed by atoms with Crippen molar-refractivity contribution >= 4 is 29.8 Å². The van der Waals surface area contributed by atoms with E-state index in [1.165, 1.54) is 6.21 Å². The Labute approximate surface area is 180 Å². The Balaban J connectivity index is 1.58. The summed E-state index contributed by atoms with van der Waals surface area (Å²) in [6.07, 6.45) is 5.86. The quantitative estimate of drug-likeness (QED) is 0.551. The fraction of sp³-hybridized carbons (Fsp3) is 0.318. The molecule has 5 rings (SSSR count). The maximum atomic E-state index is 13.4. The molecule has 1 amide bonds. The van der Waals surface area contributed by atoms with E-state index in [1.54, 1.807) is 31.5 Å². The van der Waals surface area contributed by atoms with Crippen molar-refractivity contribution in [3.05, 3.63) is 47.7 Å². The number of rotatable bonds is 6. The number of benzene rings is 1. The van der Waals surface area contributed by atoms with Crippen LogP contribution in [0.5, 0.6) is 5.75 Å². The van der Waals surface area contributed by atoms with E-state index < -0.39 is 0 Å². The Hall–Kier alpha value is -3.93. The van der Waals surface area contributed by atoms with Gasteiger partial charge >= 0.3 is 0 Å². The molecule has 158 valence electrons. The summed E-state index contributed by atoms with van der Waals surface area (Å²) in [5.74, 6) is 1.09. The van der Waals surface area contributed by atoms with E-state index in [0.717, 1.165) is 19.1 Å². The molecule has 1 aromatic carbocycles. The molecule has 0 saturated carbocycles. The predicted molar refractivity (Wildman–Crippen MR) is 118 cm³/mol. The van der Waals surface area contributed by atoms with E-state index in [-0.39, 0.29) is 18.0 Å². The largest absolute Gasteiger partial charge is 0.492 e. The fourth-order valence-electron chi connectivity index (χ4n) is 4.33. The maximum Gasteiger partial charge on any atom is 0.256 e. The van der Waals surface area contributed by atoms with Gasteiger partial charge in [0.2, 0.25) is 0 Å². The number of aromatic nitrogens is 1. The van der Waals surface area contributed by atoms with Crippen molar-refractivity contribution in [3.63, 3.8) is 0 Å². The molecule has 0 radical (unpaired) electrons. The Morgan fingerprint density at radius 2 is 2.13 bits per heavy atom. The lowest BCUT2D eigenvalue weighted by atomic mass is 9.89. The number of nitrogens with one attached hydrogen (secondary N) is 2. The number of amides is 1. The van der Waals surface area contributed by atoms with Crippen molar-refractivity contribution in [2.75, 3.05) is 30.5 Å². The third-order valence-corrected chi connectivity index (χ3v) is 5.76. The first-order valence-corrected chi connectivity index (χ1v) is 10.1. The number of hydrogen-bond acceptors (Lipinski definition) is 8. The molecule has 3 saturated heterocycles. The van der Waals surface area contributed by atoms with Crippen molar-refractivity contribution in [3.8, 4) is 11.8 Å². The molecule has 31 heavy (non-hydrogen) atoms. The standard InChI is InChI=1S/C22H23N7O2/c1-31-20-15(12-24)8-10-25-21(20)28-13-17-7-6-16(28)14-29(17)22(30)18-4-2-3-5-19(18)27-26-11-9-23/h2-5,8-11,16-17,23,27H,6-7,13-14H2,1H3/b23-9?,26-11-. The first-order chi connectivity index (χ1) is 15.2. The minimum absolute atomic E-state index is 0.0351. The van der Waals surface area contributed by atoms with Crippen LogP contribution in [-0.4, -0.2) is 60.5 Å².